The minimum Gasteiger partial charge on any atom is -0.481 e. The fourth-order valence-electron chi connectivity index (χ4n) is 1.87. The molecule has 16 heavy (non-hydrogen) atoms. The number of hydrogen-bond donors (Lipinski definition) is 4. The maximum Gasteiger partial charge on any atom is 0.306 e. The molecular weight excluding hydrogens is 216 g/mol. The zero-order chi connectivity index (χ0) is 12.5. The molecule has 0 bridgehead atoms. The molecule has 4 N–H and O–H groups in total. The summed E-state index contributed by atoms with van der Waals surface area (Å²) in [7, 11) is 0. The first-order valence-electron chi connectivity index (χ1n) is 5.26. The Morgan fingerprint density at radius 1 is 1.19 bits per heavy atom. The smallest absolute Gasteiger partial charge is 0.306 e. The molecule has 0 aliphatic carbocycles. The first-order valence-corrected chi connectivity index (χ1v) is 5.26. The second-order valence-corrected chi connectivity index (χ2v) is 4.45. The number of aliphatic hydroxyl groups is 3. The van der Waals surface area contributed by atoms with Crippen molar-refractivity contribution >= 4 is 5.97 Å². The number of aliphatic hydroxyl groups excluding tert-OH is 3. The van der Waals surface area contributed by atoms with Crippen LogP contribution in [0.15, 0.2) is 0 Å². The molecule has 1 heterocycles. The molecule has 0 spiro atoms. The summed E-state index contributed by atoms with van der Waals surface area (Å²) >= 11 is 0. The van der Waals surface area contributed by atoms with E-state index < -0.39 is 42.9 Å². The Balaban J connectivity index is 2.76. The molecule has 6 heteroatoms. The molecule has 1 aliphatic rings. The Kier molecular flexibility index (Phi) is 4.26. The van der Waals surface area contributed by atoms with Crippen molar-refractivity contribution in [2.75, 3.05) is 0 Å². The van der Waals surface area contributed by atoms with E-state index >= 15 is 0 Å². The monoisotopic (exact) mass is 234 g/mol. The van der Waals surface area contributed by atoms with Gasteiger partial charge in [0.25, 0.3) is 0 Å². The van der Waals surface area contributed by atoms with E-state index in [2.05, 4.69) is 0 Å². The van der Waals surface area contributed by atoms with Crippen LogP contribution in [0.1, 0.15) is 20.3 Å². The van der Waals surface area contributed by atoms with Crippen molar-refractivity contribution in [3.8, 4) is 0 Å². The number of hydrogen-bond acceptors (Lipinski definition) is 5. The number of rotatable bonds is 3. The molecule has 0 saturated carbocycles. The maximum atomic E-state index is 10.5. The SMILES string of the molecule is CC(C)[C@@H]1OC(CC(=O)O)[C@H](O)[C@H](O)C1O. The van der Waals surface area contributed by atoms with Gasteiger partial charge >= 0.3 is 5.97 Å². The zero-order valence-corrected chi connectivity index (χ0v) is 9.28. The Labute approximate surface area is 93.5 Å². The van der Waals surface area contributed by atoms with Gasteiger partial charge in [-0.05, 0) is 5.92 Å². The van der Waals surface area contributed by atoms with Crippen molar-refractivity contribution < 1.29 is 30.0 Å². The molecule has 94 valence electrons. The highest BCUT2D eigenvalue weighted by molar-refractivity contribution is 5.67. The number of carbonyl (C=O) groups is 1. The van der Waals surface area contributed by atoms with Gasteiger partial charge in [0.2, 0.25) is 0 Å². The molecule has 2 unspecified atom stereocenters. The summed E-state index contributed by atoms with van der Waals surface area (Å²) in [4.78, 5) is 10.5. The molecule has 0 aromatic rings. The Hall–Kier alpha value is -0.690. The van der Waals surface area contributed by atoms with Crippen molar-refractivity contribution in [2.45, 2.75) is 50.8 Å². The van der Waals surface area contributed by atoms with Crippen molar-refractivity contribution in [3.63, 3.8) is 0 Å². The highest BCUT2D eigenvalue weighted by Crippen LogP contribution is 2.27. The minimum absolute atomic E-state index is 0.0755. The molecule has 1 aliphatic heterocycles. The van der Waals surface area contributed by atoms with Crippen molar-refractivity contribution in [3.05, 3.63) is 0 Å². The molecule has 1 saturated heterocycles. The van der Waals surface area contributed by atoms with E-state index in [0.29, 0.717) is 0 Å². The highest BCUT2D eigenvalue weighted by atomic mass is 16.5. The van der Waals surface area contributed by atoms with Crippen LogP contribution in [0.4, 0.5) is 0 Å². The minimum atomic E-state index is -1.37. The fraction of sp³-hybridized carbons (Fsp3) is 0.900. The Morgan fingerprint density at radius 3 is 2.19 bits per heavy atom. The Morgan fingerprint density at radius 2 is 1.75 bits per heavy atom. The van der Waals surface area contributed by atoms with Gasteiger partial charge in [0.15, 0.2) is 0 Å². The van der Waals surface area contributed by atoms with Gasteiger partial charge in [0.05, 0.1) is 18.6 Å². The van der Waals surface area contributed by atoms with Crippen molar-refractivity contribution in [1.82, 2.24) is 0 Å². The van der Waals surface area contributed by atoms with Crippen molar-refractivity contribution in [1.29, 1.82) is 0 Å². The first kappa shape index (κ1) is 13.4. The average molecular weight is 234 g/mol. The maximum absolute atomic E-state index is 10.5. The summed E-state index contributed by atoms with van der Waals surface area (Å²) in [6, 6.07) is 0. The second kappa shape index (κ2) is 5.09. The van der Waals surface area contributed by atoms with Gasteiger partial charge in [0, 0.05) is 0 Å². The molecule has 0 aromatic carbocycles. The van der Waals surface area contributed by atoms with Crippen LogP contribution in [0.5, 0.6) is 0 Å². The number of carboxylic acid groups (broad SMARTS) is 1. The van der Waals surface area contributed by atoms with Gasteiger partial charge in [-0.1, -0.05) is 13.8 Å². The average Bonchev–Trinajstić information content (AvgIpc) is 2.18. The van der Waals surface area contributed by atoms with Gasteiger partial charge < -0.3 is 25.2 Å². The predicted octanol–water partition coefficient (Wildman–Crippen LogP) is -1.03. The highest BCUT2D eigenvalue weighted by Gasteiger charge is 2.45. The van der Waals surface area contributed by atoms with Crippen LogP contribution < -0.4 is 0 Å². The first-order chi connectivity index (χ1) is 7.34. The van der Waals surface area contributed by atoms with Crippen LogP contribution in [0, 0.1) is 5.92 Å². The van der Waals surface area contributed by atoms with Crippen LogP contribution in [-0.2, 0) is 9.53 Å². The number of aliphatic carboxylic acids is 1. The standard InChI is InChI=1S/C10H18O6/c1-4(2)10-9(15)8(14)7(13)5(16-10)3-6(11)12/h4-5,7-10,13-15H,3H2,1-2H3,(H,11,12)/t5?,7-,8-,9?,10-/m0/s1. The normalized spacial score (nSPS) is 40.0. The zero-order valence-electron chi connectivity index (χ0n) is 9.28. The lowest BCUT2D eigenvalue weighted by Crippen LogP contribution is -2.59. The quantitative estimate of drug-likeness (QED) is 0.497. The lowest BCUT2D eigenvalue weighted by Gasteiger charge is -2.41. The summed E-state index contributed by atoms with van der Waals surface area (Å²) in [6.07, 6.45) is -5.98. The lowest BCUT2D eigenvalue weighted by molar-refractivity contribution is -0.233. The third-order valence-electron chi connectivity index (χ3n) is 2.78. The number of carboxylic acids is 1. The van der Waals surface area contributed by atoms with Crippen LogP contribution >= 0.6 is 0 Å². The van der Waals surface area contributed by atoms with E-state index in [1.165, 1.54) is 0 Å². The summed E-state index contributed by atoms with van der Waals surface area (Å²) in [6.45, 7) is 3.58. The van der Waals surface area contributed by atoms with Gasteiger partial charge in [-0.25, -0.2) is 0 Å². The third kappa shape index (κ3) is 2.70. The molecule has 1 fully saturated rings. The second-order valence-electron chi connectivity index (χ2n) is 4.45. The summed E-state index contributed by atoms with van der Waals surface area (Å²) in [5.74, 6) is -1.19. The topological polar surface area (TPSA) is 107 Å². The molecule has 0 aromatic heterocycles. The third-order valence-corrected chi connectivity index (χ3v) is 2.78. The molecule has 0 amide bonds. The summed E-state index contributed by atoms with van der Waals surface area (Å²) in [5.41, 5.74) is 0. The fourth-order valence-corrected chi connectivity index (χ4v) is 1.87. The lowest BCUT2D eigenvalue weighted by atomic mass is 9.88. The molecule has 6 nitrogen and oxygen atoms in total. The van der Waals surface area contributed by atoms with E-state index in [-0.39, 0.29) is 5.92 Å². The van der Waals surface area contributed by atoms with Crippen LogP contribution in [-0.4, -0.2) is 56.9 Å². The van der Waals surface area contributed by atoms with Gasteiger partial charge in [-0.15, -0.1) is 0 Å². The van der Waals surface area contributed by atoms with Gasteiger partial charge in [-0.3, -0.25) is 4.79 Å². The van der Waals surface area contributed by atoms with E-state index in [4.69, 9.17) is 9.84 Å². The van der Waals surface area contributed by atoms with Crippen LogP contribution in [0.25, 0.3) is 0 Å². The van der Waals surface area contributed by atoms with E-state index in [1.54, 1.807) is 13.8 Å². The summed E-state index contributed by atoms with van der Waals surface area (Å²) in [5, 5.41) is 37.4. The molecular formula is C10H18O6. The van der Waals surface area contributed by atoms with E-state index in [0.717, 1.165) is 0 Å². The van der Waals surface area contributed by atoms with Crippen LogP contribution in [0.3, 0.4) is 0 Å². The number of ether oxygens (including phenoxy) is 1. The molecule has 0 radical (unpaired) electrons. The summed E-state index contributed by atoms with van der Waals surface area (Å²) < 4.78 is 5.31. The van der Waals surface area contributed by atoms with Gasteiger partial charge in [0.1, 0.15) is 18.3 Å². The van der Waals surface area contributed by atoms with E-state index in [1.807, 2.05) is 0 Å². The van der Waals surface area contributed by atoms with Gasteiger partial charge in [-0.2, -0.15) is 0 Å². The van der Waals surface area contributed by atoms with Crippen LogP contribution in [0.2, 0.25) is 0 Å². The van der Waals surface area contributed by atoms with Crippen molar-refractivity contribution in [2.24, 2.45) is 5.92 Å². The predicted molar refractivity (Wildman–Crippen MR) is 53.8 cm³/mol. The molecule has 5 atom stereocenters. The largest absolute Gasteiger partial charge is 0.481 e. The molecule has 1 rings (SSSR count). The van der Waals surface area contributed by atoms with E-state index in [9.17, 15) is 20.1 Å². The Bertz CT molecular complexity index is 254.